The van der Waals surface area contributed by atoms with Crippen LogP contribution in [0.4, 0.5) is 0 Å². The Kier molecular flexibility index (Phi) is 3.03. The van der Waals surface area contributed by atoms with Gasteiger partial charge in [0.2, 0.25) is 5.91 Å². The second kappa shape index (κ2) is 4.84. The van der Waals surface area contributed by atoms with Crippen LogP contribution in [-0.4, -0.2) is 20.7 Å². The van der Waals surface area contributed by atoms with E-state index in [9.17, 15) is 4.79 Å². The van der Waals surface area contributed by atoms with Crippen molar-refractivity contribution < 1.29 is 4.79 Å². The zero-order chi connectivity index (χ0) is 13.2. The molecule has 1 fully saturated rings. The molecule has 1 saturated carbocycles. The normalized spacial score (nSPS) is 21.1. The van der Waals surface area contributed by atoms with Crippen molar-refractivity contribution in [3.8, 4) is 5.82 Å². The van der Waals surface area contributed by atoms with Crippen molar-refractivity contribution in [2.24, 2.45) is 11.8 Å². The summed E-state index contributed by atoms with van der Waals surface area (Å²) in [5.41, 5.74) is 0.966. The van der Waals surface area contributed by atoms with E-state index in [1.165, 1.54) is 0 Å². The van der Waals surface area contributed by atoms with Gasteiger partial charge in [-0.15, -0.1) is 0 Å². The van der Waals surface area contributed by atoms with Gasteiger partial charge in [-0.1, -0.05) is 13.0 Å². The van der Waals surface area contributed by atoms with Gasteiger partial charge in [-0.2, -0.15) is 5.10 Å². The summed E-state index contributed by atoms with van der Waals surface area (Å²) in [5, 5.41) is 7.15. The number of hydrogen-bond acceptors (Lipinski definition) is 3. The molecule has 5 nitrogen and oxygen atoms in total. The van der Waals surface area contributed by atoms with Crippen LogP contribution < -0.4 is 5.32 Å². The summed E-state index contributed by atoms with van der Waals surface area (Å²) in [5.74, 6) is 1.63. The molecule has 1 amide bonds. The summed E-state index contributed by atoms with van der Waals surface area (Å²) in [7, 11) is 0. The van der Waals surface area contributed by atoms with Gasteiger partial charge in [-0.05, 0) is 24.5 Å². The maximum absolute atomic E-state index is 11.8. The van der Waals surface area contributed by atoms with Crippen LogP contribution in [0.5, 0.6) is 0 Å². The molecule has 5 heteroatoms. The SMILES string of the molecule is C[C@H]1C[C@H]1C(=O)NCc1cccnc1-n1cccn1. The molecule has 0 aliphatic heterocycles. The highest BCUT2D eigenvalue weighted by Crippen LogP contribution is 2.37. The molecule has 2 heterocycles. The minimum Gasteiger partial charge on any atom is -0.352 e. The Morgan fingerprint density at radius 3 is 3.00 bits per heavy atom. The number of carbonyl (C=O) groups is 1. The Labute approximate surface area is 111 Å². The van der Waals surface area contributed by atoms with Gasteiger partial charge in [-0.3, -0.25) is 4.79 Å². The second-order valence-electron chi connectivity index (χ2n) is 4.97. The number of pyridine rings is 1. The molecular formula is C14H16N4O. The predicted octanol–water partition coefficient (Wildman–Crippen LogP) is 1.54. The first-order valence-electron chi connectivity index (χ1n) is 6.47. The standard InChI is InChI=1S/C14H16N4O/c1-10-8-12(10)14(19)16-9-11-4-2-5-15-13(11)18-7-3-6-17-18/h2-7,10,12H,8-9H2,1H3,(H,16,19)/t10-,12+/m0/s1. The molecule has 19 heavy (non-hydrogen) atoms. The Morgan fingerprint density at radius 2 is 2.32 bits per heavy atom. The van der Waals surface area contributed by atoms with Crippen LogP contribution in [0.25, 0.3) is 5.82 Å². The fraction of sp³-hybridized carbons (Fsp3) is 0.357. The van der Waals surface area contributed by atoms with Crippen molar-refractivity contribution in [2.75, 3.05) is 0 Å². The van der Waals surface area contributed by atoms with Gasteiger partial charge in [0, 0.05) is 36.6 Å². The summed E-state index contributed by atoms with van der Waals surface area (Å²) < 4.78 is 1.71. The minimum atomic E-state index is 0.141. The van der Waals surface area contributed by atoms with E-state index >= 15 is 0 Å². The van der Waals surface area contributed by atoms with Crippen LogP contribution in [0.3, 0.4) is 0 Å². The quantitative estimate of drug-likeness (QED) is 0.902. The lowest BCUT2D eigenvalue weighted by Gasteiger charge is -2.09. The Balaban J connectivity index is 1.72. The molecule has 3 rings (SSSR count). The Bertz CT molecular complexity index is 579. The third kappa shape index (κ3) is 2.50. The van der Waals surface area contributed by atoms with Crippen molar-refractivity contribution in [3.05, 3.63) is 42.4 Å². The molecule has 0 bridgehead atoms. The van der Waals surface area contributed by atoms with Gasteiger partial charge in [0.15, 0.2) is 5.82 Å². The third-order valence-electron chi connectivity index (χ3n) is 3.49. The monoisotopic (exact) mass is 256 g/mol. The highest BCUT2D eigenvalue weighted by molar-refractivity contribution is 5.81. The smallest absolute Gasteiger partial charge is 0.223 e. The van der Waals surface area contributed by atoms with Crippen LogP contribution in [0, 0.1) is 11.8 Å². The molecule has 0 unspecified atom stereocenters. The molecule has 0 saturated heterocycles. The first kappa shape index (κ1) is 11.9. The third-order valence-corrected chi connectivity index (χ3v) is 3.49. The van der Waals surface area contributed by atoms with Crippen molar-refractivity contribution in [1.82, 2.24) is 20.1 Å². The molecule has 0 aromatic carbocycles. The molecule has 0 radical (unpaired) electrons. The van der Waals surface area contributed by atoms with Gasteiger partial charge in [-0.25, -0.2) is 9.67 Å². The number of nitrogens with zero attached hydrogens (tertiary/aromatic N) is 3. The molecule has 0 spiro atoms. The van der Waals surface area contributed by atoms with Crippen molar-refractivity contribution in [2.45, 2.75) is 19.9 Å². The molecule has 1 N–H and O–H groups in total. The molecule has 1 aliphatic carbocycles. The molecule has 2 aromatic heterocycles. The highest BCUT2D eigenvalue weighted by Gasteiger charge is 2.38. The average molecular weight is 256 g/mol. The predicted molar refractivity (Wildman–Crippen MR) is 70.5 cm³/mol. The largest absolute Gasteiger partial charge is 0.352 e. The number of nitrogens with one attached hydrogen (secondary N) is 1. The summed E-state index contributed by atoms with van der Waals surface area (Å²) >= 11 is 0. The number of aromatic nitrogens is 3. The number of rotatable bonds is 4. The maximum Gasteiger partial charge on any atom is 0.223 e. The van der Waals surface area contributed by atoms with E-state index in [2.05, 4.69) is 22.3 Å². The van der Waals surface area contributed by atoms with Crippen molar-refractivity contribution in [3.63, 3.8) is 0 Å². The van der Waals surface area contributed by atoms with E-state index in [1.807, 2.05) is 24.4 Å². The Hall–Kier alpha value is -2.17. The van der Waals surface area contributed by atoms with E-state index in [4.69, 9.17) is 0 Å². The molecule has 2 aromatic rings. The molecule has 1 aliphatic rings. The van der Waals surface area contributed by atoms with E-state index in [0.29, 0.717) is 12.5 Å². The van der Waals surface area contributed by atoms with Gasteiger partial charge in [0.05, 0.1) is 0 Å². The van der Waals surface area contributed by atoms with Crippen molar-refractivity contribution in [1.29, 1.82) is 0 Å². The van der Waals surface area contributed by atoms with Gasteiger partial charge in [0.1, 0.15) is 0 Å². The summed E-state index contributed by atoms with van der Waals surface area (Å²) in [6, 6.07) is 5.68. The topological polar surface area (TPSA) is 59.8 Å². The fourth-order valence-electron chi connectivity index (χ4n) is 2.17. The zero-order valence-corrected chi connectivity index (χ0v) is 10.8. The maximum atomic E-state index is 11.8. The van der Waals surface area contributed by atoms with Gasteiger partial charge >= 0.3 is 0 Å². The van der Waals surface area contributed by atoms with E-state index in [1.54, 1.807) is 17.1 Å². The van der Waals surface area contributed by atoms with Crippen LogP contribution >= 0.6 is 0 Å². The van der Waals surface area contributed by atoms with E-state index in [-0.39, 0.29) is 11.8 Å². The summed E-state index contributed by atoms with van der Waals surface area (Å²) in [4.78, 5) is 16.2. The fourth-order valence-corrected chi connectivity index (χ4v) is 2.17. The van der Waals surface area contributed by atoms with Crippen LogP contribution in [0.2, 0.25) is 0 Å². The second-order valence-corrected chi connectivity index (χ2v) is 4.97. The average Bonchev–Trinajstić information content (AvgIpc) is 2.94. The molecule has 98 valence electrons. The Morgan fingerprint density at radius 1 is 1.47 bits per heavy atom. The van der Waals surface area contributed by atoms with Gasteiger partial charge in [0.25, 0.3) is 0 Å². The summed E-state index contributed by atoms with van der Waals surface area (Å²) in [6.07, 6.45) is 6.29. The lowest BCUT2D eigenvalue weighted by atomic mass is 10.2. The summed E-state index contributed by atoms with van der Waals surface area (Å²) in [6.45, 7) is 2.59. The van der Waals surface area contributed by atoms with E-state index in [0.717, 1.165) is 17.8 Å². The van der Waals surface area contributed by atoms with Gasteiger partial charge < -0.3 is 5.32 Å². The first-order valence-corrected chi connectivity index (χ1v) is 6.47. The molecule has 2 atom stereocenters. The van der Waals surface area contributed by atoms with Crippen LogP contribution in [-0.2, 0) is 11.3 Å². The highest BCUT2D eigenvalue weighted by atomic mass is 16.2. The molecular weight excluding hydrogens is 240 g/mol. The lowest BCUT2D eigenvalue weighted by Crippen LogP contribution is -2.25. The van der Waals surface area contributed by atoms with Crippen molar-refractivity contribution >= 4 is 5.91 Å². The minimum absolute atomic E-state index is 0.141. The lowest BCUT2D eigenvalue weighted by molar-refractivity contribution is -0.122. The number of carbonyl (C=O) groups excluding carboxylic acids is 1. The first-order chi connectivity index (χ1) is 9.25. The van der Waals surface area contributed by atoms with Crippen LogP contribution in [0.15, 0.2) is 36.8 Å². The van der Waals surface area contributed by atoms with E-state index < -0.39 is 0 Å². The number of amides is 1. The van der Waals surface area contributed by atoms with Crippen LogP contribution in [0.1, 0.15) is 18.9 Å². The number of hydrogen-bond donors (Lipinski definition) is 1. The zero-order valence-electron chi connectivity index (χ0n) is 10.8.